The smallest absolute Gasteiger partial charge is 0.119 e. The number of nitrogens with zero attached hydrogens (tertiary/aromatic N) is 2. The van der Waals surface area contributed by atoms with Gasteiger partial charge in [0.15, 0.2) is 0 Å². The van der Waals surface area contributed by atoms with Crippen LogP contribution >= 0.6 is 0 Å². The Kier molecular flexibility index (Phi) is 3.82. The van der Waals surface area contributed by atoms with Crippen LogP contribution in [0.15, 0.2) is 43.1 Å². The summed E-state index contributed by atoms with van der Waals surface area (Å²) in [5.41, 5.74) is 2.45. The standard InChI is InChI=1S/C20H24N2O/c1-3-14-13-22-9-7-15(14)10-17(22)11-16-6-8-21-20-5-4-18(23-2)12-19(16)20/h3-6,8,12,14-15,17H,1,7,9-11,13H2,2H3/t14-,15?,17?/m1/s1. The Labute approximate surface area is 138 Å². The minimum absolute atomic E-state index is 0.654. The lowest BCUT2D eigenvalue weighted by atomic mass is 9.74. The summed E-state index contributed by atoms with van der Waals surface area (Å²) in [6.45, 7) is 6.45. The van der Waals surface area contributed by atoms with Crippen molar-refractivity contribution in [2.45, 2.75) is 25.3 Å². The van der Waals surface area contributed by atoms with Gasteiger partial charge in [0.1, 0.15) is 5.75 Å². The van der Waals surface area contributed by atoms with E-state index in [-0.39, 0.29) is 0 Å². The number of hydrogen-bond donors (Lipinski definition) is 0. The molecule has 2 aromatic rings. The summed E-state index contributed by atoms with van der Waals surface area (Å²) in [4.78, 5) is 7.17. The normalized spacial score (nSPS) is 29.6. The van der Waals surface area contributed by atoms with Gasteiger partial charge in [0.05, 0.1) is 12.6 Å². The molecule has 1 aromatic carbocycles. The van der Waals surface area contributed by atoms with Gasteiger partial charge in [0.2, 0.25) is 0 Å². The topological polar surface area (TPSA) is 25.4 Å². The third kappa shape index (κ3) is 2.63. The first-order valence-electron chi connectivity index (χ1n) is 8.56. The second-order valence-electron chi connectivity index (χ2n) is 6.89. The number of fused-ring (bicyclic) bond motifs is 4. The highest BCUT2D eigenvalue weighted by Gasteiger charge is 2.38. The molecule has 3 aliphatic rings. The van der Waals surface area contributed by atoms with Crippen LogP contribution in [-0.2, 0) is 6.42 Å². The fourth-order valence-corrected chi connectivity index (χ4v) is 4.40. The molecule has 3 heteroatoms. The van der Waals surface area contributed by atoms with Crippen molar-refractivity contribution >= 4 is 10.9 Å². The van der Waals surface area contributed by atoms with E-state index in [1.165, 1.54) is 36.9 Å². The zero-order valence-corrected chi connectivity index (χ0v) is 13.7. The number of benzene rings is 1. The molecule has 0 saturated carbocycles. The zero-order valence-electron chi connectivity index (χ0n) is 13.7. The number of aromatic nitrogens is 1. The molecule has 3 nitrogen and oxygen atoms in total. The quantitative estimate of drug-likeness (QED) is 0.806. The largest absolute Gasteiger partial charge is 0.497 e. The number of ether oxygens (including phenoxy) is 1. The van der Waals surface area contributed by atoms with Crippen LogP contribution in [0.4, 0.5) is 0 Å². The molecular formula is C20H24N2O. The predicted molar refractivity (Wildman–Crippen MR) is 93.8 cm³/mol. The second kappa shape index (κ2) is 5.97. The molecule has 3 saturated heterocycles. The molecule has 3 aliphatic heterocycles. The zero-order chi connectivity index (χ0) is 15.8. The van der Waals surface area contributed by atoms with Gasteiger partial charge in [-0.2, -0.15) is 0 Å². The number of rotatable bonds is 4. The highest BCUT2D eigenvalue weighted by molar-refractivity contribution is 5.83. The Morgan fingerprint density at radius 3 is 3.04 bits per heavy atom. The van der Waals surface area contributed by atoms with E-state index in [0.29, 0.717) is 12.0 Å². The average Bonchev–Trinajstić information content (AvgIpc) is 2.62. The van der Waals surface area contributed by atoms with E-state index in [9.17, 15) is 0 Å². The lowest BCUT2D eigenvalue weighted by molar-refractivity contribution is 0.0196. The Hall–Kier alpha value is -1.87. The monoisotopic (exact) mass is 308 g/mol. The summed E-state index contributed by atoms with van der Waals surface area (Å²) < 4.78 is 5.40. The number of methoxy groups -OCH3 is 1. The molecule has 4 heterocycles. The summed E-state index contributed by atoms with van der Waals surface area (Å²) >= 11 is 0. The van der Waals surface area contributed by atoms with Crippen LogP contribution in [0.5, 0.6) is 5.75 Å². The third-order valence-corrected chi connectivity index (χ3v) is 5.73. The lowest BCUT2D eigenvalue weighted by Crippen LogP contribution is -2.53. The fourth-order valence-electron chi connectivity index (χ4n) is 4.40. The molecule has 23 heavy (non-hydrogen) atoms. The van der Waals surface area contributed by atoms with Gasteiger partial charge in [0.25, 0.3) is 0 Å². The van der Waals surface area contributed by atoms with Crippen molar-refractivity contribution in [1.29, 1.82) is 0 Å². The minimum Gasteiger partial charge on any atom is -0.497 e. The van der Waals surface area contributed by atoms with Crippen molar-refractivity contribution in [1.82, 2.24) is 9.88 Å². The van der Waals surface area contributed by atoms with Crippen LogP contribution in [0.3, 0.4) is 0 Å². The maximum Gasteiger partial charge on any atom is 0.119 e. The van der Waals surface area contributed by atoms with Crippen molar-refractivity contribution in [2.24, 2.45) is 11.8 Å². The first kappa shape index (κ1) is 14.7. The first-order valence-corrected chi connectivity index (χ1v) is 8.56. The molecule has 5 rings (SSSR count). The Morgan fingerprint density at radius 2 is 2.30 bits per heavy atom. The molecule has 1 aromatic heterocycles. The van der Waals surface area contributed by atoms with Crippen molar-refractivity contribution in [3.8, 4) is 5.75 Å². The second-order valence-corrected chi connectivity index (χ2v) is 6.89. The van der Waals surface area contributed by atoms with Crippen LogP contribution in [0.2, 0.25) is 0 Å². The summed E-state index contributed by atoms with van der Waals surface area (Å²) in [7, 11) is 1.72. The van der Waals surface area contributed by atoms with E-state index in [4.69, 9.17) is 4.74 Å². The van der Waals surface area contributed by atoms with Crippen LogP contribution in [0, 0.1) is 11.8 Å². The molecule has 0 aliphatic carbocycles. The number of pyridine rings is 1. The molecule has 3 unspecified atom stereocenters. The average molecular weight is 308 g/mol. The highest BCUT2D eigenvalue weighted by atomic mass is 16.5. The van der Waals surface area contributed by atoms with Gasteiger partial charge in [-0.05, 0) is 67.5 Å². The molecule has 0 radical (unpaired) electrons. The van der Waals surface area contributed by atoms with E-state index in [1.807, 2.05) is 12.3 Å². The molecule has 4 atom stereocenters. The summed E-state index contributed by atoms with van der Waals surface area (Å²) in [5.74, 6) is 2.42. The van der Waals surface area contributed by atoms with Gasteiger partial charge in [-0.15, -0.1) is 6.58 Å². The minimum atomic E-state index is 0.654. The third-order valence-electron chi connectivity index (χ3n) is 5.73. The van der Waals surface area contributed by atoms with E-state index >= 15 is 0 Å². The van der Waals surface area contributed by atoms with E-state index in [0.717, 1.165) is 23.6 Å². The summed E-state index contributed by atoms with van der Waals surface area (Å²) in [6.07, 6.45) is 7.84. The highest BCUT2D eigenvalue weighted by Crippen LogP contribution is 2.38. The SMILES string of the molecule is C=C[C@@H]1CN2CCC1CC2Cc1ccnc2ccc(OC)cc12. The number of hydrogen-bond acceptors (Lipinski definition) is 3. The van der Waals surface area contributed by atoms with E-state index in [1.54, 1.807) is 7.11 Å². The Balaban J connectivity index is 1.62. The maximum atomic E-state index is 5.40. The number of piperidine rings is 3. The van der Waals surface area contributed by atoms with Crippen LogP contribution in [0.25, 0.3) is 10.9 Å². The lowest BCUT2D eigenvalue weighted by Gasteiger charge is -2.49. The predicted octanol–water partition coefficient (Wildman–Crippen LogP) is 3.68. The molecule has 0 N–H and O–H groups in total. The van der Waals surface area contributed by atoms with E-state index < -0.39 is 0 Å². The fraction of sp³-hybridized carbons (Fsp3) is 0.450. The van der Waals surface area contributed by atoms with E-state index in [2.05, 4.69) is 40.7 Å². The van der Waals surface area contributed by atoms with Crippen molar-refractivity contribution in [3.05, 3.63) is 48.7 Å². The molecule has 3 fully saturated rings. The molecule has 120 valence electrons. The first-order chi connectivity index (χ1) is 11.3. The van der Waals surface area contributed by atoms with Crippen molar-refractivity contribution in [2.75, 3.05) is 20.2 Å². The van der Waals surface area contributed by atoms with Gasteiger partial charge in [-0.1, -0.05) is 6.08 Å². The van der Waals surface area contributed by atoms with Crippen LogP contribution < -0.4 is 4.74 Å². The van der Waals surface area contributed by atoms with Gasteiger partial charge < -0.3 is 4.74 Å². The van der Waals surface area contributed by atoms with Crippen LogP contribution in [0.1, 0.15) is 18.4 Å². The van der Waals surface area contributed by atoms with Gasteiger partial charge in [0, 0.05) is 24.2 Å². The Morgan fingerprint density at radius 1 is 1.39 bits per heavy atom. The van der Waals surface area contributed by atoms with Crippen LogP contribution in [-0.4, -0.2) is 36.1 Å². The van der Waals surface area contributed by atoms with Crippen molar-refractivity contribution < 1.29 is 4.74 Å². The maximum absolute atomic E-state index is 5.40. The molecule has 0 amide bonds. The summed E-state index contributed by atoms with van der Waals surface area (Å²) in [6, 6.07) is 9.00. The molecule has 2 bridgehead atoms. The Bertz CT molecular complexity index is 727. The van der Waals surface area contributed by atoms with Gasteiger partial charge >= 0.3 is 0 Å². The van der Waals surface area contributed by atoms with Crippen molar-refractivity contribution in [3.63, 3.8) is 0 Å². The molecular weight excluding hydrogens is 284 g/mol. The molecule has 0 spiro atoms. The van der Waals surface area contributed by atoms with Gasteiger partial charge in [-0.3, -0.25) is 9.88 Å². The summed E-state index contributed by atoms with van der Waals surface area (Å²) in [5, 5.41) is 1.23. The van der Waals surface area contributed by atoms with Gasteiger partial charge in [-0.25, -0.2) is 0 Å².